The molecule has 0 N–H and O–H groups in total. The van der Waals surface area contributed by atoms with Crippen LogP contribution in [0.4, 0.5) is 0 Å². The normalized spacial score (nSPS) is 13.7. The molecule has 11 aromatic carbocycles. The third kappa shape index (κ3) is 6.80. The van der Waals surface area contributed by atoms with Crippen molar-refractivity contribution in [1.29, 1.82) is 0 Å². The number of hydrogen-bond acceptors (Lipinski definition) is 3. The second kappa shape index (κ2) is 17.3. The van der Waals surface area contributed by atoms with Gasteiger partial charge in [-0.3, -0.25) is 9.13 Å². The fourth-order valence-electron chi connectivity index (χ4n) is 13.7. The zero-order valence-corrected chi connectivity index (χ0v) is 44.9. The summed E-state index contributed by atoms with van der Waals surface area (Å²) in [6, 6.07) is 90.6. The Hall–Kier alpha value is -9.97. The number of fused-ring (bicyclic) bond motifs is 12. The van der Waals surface area contributed by atoms with Crippen molar-refractivity contribution in [2.45, 2.75) is 38.5 Å². The van der Waals surface area contributed by atoms with Gasteiger partial charge in [0.1, 0.15) is 0 Å². The molecule has 2 aliphatic carbocycles. The molecule has 5 heteroatoms. The summed E-state index contributed by atoms with van der Waals surface area (Å²) >= 11 is 0. The van der Waals surface area contributed by atoms with Crippen LogP contribution in [0.5, 0.6) is 0 Å². The van der Waals surface area contributed by atoms with Gasteiger partial charge in [0.05, 0.1) is 22.1 Å². The van der Waals surface area contributed by atoms with Crippen molar-refractivity contribution in [3.05, 3.63) is 271 Å². The van der Waals surface area contributed by atoms with Gasteiger partial charge >= 0.3 is 0 Å². The Morgan fingerprint density at radius 2 is 0.650 bits per heavy atom. The molecule has 3 heterocycles. The lowest BCUT2D eigenvalue weighted by Crippen LogP contribution is -2.14. The van der Waals surface area contributed by atoms with E-state index in [1.165, 1.54) is 55.6 Å². The molecular formula is C75H53N5. The van der Waals surface area contributed by atoms with Crippen molar-refractivity contribution >= 4 is 43.6 Å². The minimum Gasteiger partial charge on any atom is -0.278 e. The lowest BCUT2D eigenvalue weighted by molar-refractivity contribution is 0.660. The first kappa shape index (κ1) is 46.2. The Kier molecular flexibility index (Phi) is 9.96. The average molecular weight is 1020 g/mol. The molecule has 5 nitrogen and oxygen atoms in total. The van der Waals surface area contributed by atoms with E-state index in [2.05, 4.69) is 286 Å². The molecule has 378 valence electrons. The summed E-state index contributed by atoms with van der Waals surface area (Å²) in [5.74, 6) is 1.65. The highest BCUT2D eigenvalue weighted by Crippen LogP contribution is 2.52. The number of hydrogen-bond donors (Lipinski definition) is 0. The first-order chi connectivity index (χ1) is 39.2. The van der Waals surface area contributed by atoms with Crippen LogP contribution in [0.1, 0.15) is 49.9 Å². The van der Waals surface area contributed by atoms with E-state index in [1.54, 1.807) is 0 Å². The van der Waals surface area contributed by atoms with Gasteiger partial charge in [0.25, 0.3) is 0 Å². The molecule has 80 heavy (non-hydrogen) atoms. The predicted molar refractivity (Wildman–Crippen MR) is 331 cm³/mol. The van der Waals surface area contributed by atoms with Gasteiger partial charge in [0, 0.05) is 43.5 Å². The van der Waals surface area contributed by atoms with E-state index >= 15 is 0 Å². The summed E-state index contributed by atoms with van der Waals surface area (Å²) in [6.45, 7) is 9.40. The number of rotatable bonds is 7. The molecule has 16 rings (SSSR count). The van der Waals surface area contributed by atoms with E-state index in [0.29, 0.717) is 17.7 Å². The molecule has 0 unspecified atom stereocenters. The summed E-state index contributed by atoms with van der Waals surface area (Å²) < 4.78 is 4.49. The Morgan fingerprint density at radius 3 is 1.18 bits per heavy atom. The molecule has 0 radical (unpaired) electrons. The van der Waals surface area contributed by atoms with Gasteiger partial charge < -0.3 is 0 Å². The van der Waals surface area contributed by atoms with Crippen LogP contribution in [0.25, 0.3) is 134 Å². The number of aromatic nitrogens is 5. The molecular weight excluding hydrogens is 971 g/mol. The van der Waals surface area contributed by atoms with Crippen LogP contribution in [0.2, 0.25) is 0 Å². The van der Waals surface area contributed by atoms with Crippen LogP contribution < -0.4 is 0 Å². The molecule has 0 saturated heterocycles. The zero-order valence-electron chi connectivity index (χ0n) is 44.9. The van der Waals surface area contributed by atoms with Gasteiger partial charge in [0.15, 0.2) is 5.82 Å². The molecule has 0 aliphatic heterocycles. The Labute approximate surface area is 464 Å². The van der Waals surface area contributed by atoms with E-state index in [9.17, 15) is 0 Å². The van der Waals surface area contributed by atoms with Crippen molar-refractivity contribution in [3.63, 3.8) is 0 Å². The monoisotopic (exact) mass is 1020 g/mol. The highest BCUT2D eigenvalue weighted by atomic mass is 15.3. The van der Waals surface area contributed by atoms with Crippen LogP contribution in [-0.2, 0) is 10.8 Å². The summed E-state index contributed by atoms with van der Waals surface area (Å²) in [7, 11) is 0. The van der Waals surface area contributed by atoms with Gasteiger partial charge in [-0.15, -0.1) is 0 Å². The molecule has 0 bridgehead atoms. The predicted octanol–water partition coefficient (Wildman–Crippen LogP) is 19.0. The van der Waals surface area contributed by atoms with Gasteiger partial charge in [-0.25, -0.2) is 0 Å². The highest BCUT2D eigenvalue weighted by Gasteiger charge is 2.37. The molecule has 0 fully saturated rings. The number of benzene rings is 11. The van der Waals surface area contributed by atoms with E-state index in [-0.39, 0.29) is 10.8 Å². The summed E-state index contributed by atoms with van der Waals surface area (Å²) in [5, 5.41) is 4.51. The first-order valence-electron chi connectivity index (χ1n) is 27.8. The SMILES string of the molecule is CC1(C)c2ccccc2-c2ccc(-c3ccc4c(c3)c3ccccc3n4-c3nc(-c4cccc(-c5ccccc5)c4-c4ccccc4)nc(-n4c5ccccc5c5cc(-c6ccc7c(c6)C(C)(C)c6ccccc6-7)ccc54)n3)cc21. The van der Waals surface area contributed by atoms with Crippen molar-refractivity contribution < 1.29 is 0 Å². The van der Waals surface area contributed by atoms with Crippen molar-refractivity contribution in [3.8, 4) is 90.0 Å². The van der Waals surface area contributed by atoms with Crippen LogP contribution in [0, 0.1) is 0 Å². The third-order valence-corrected chi connectivity index (χ3v) is 17.6. The molecule has 0 spiro atoms. The van der Waals surface area contributed by atoms with Crippen molar-refractivity contribution in [1.82, 2.24) is 24.1 Å². The molecule has 2 aliphatic rings. The molecule has 0 amide bonds. The van der Waals surface area contributed by atoms with Crippen molar-refractivity contribution in [2.75, 3.05) is 0 Å². The lowest BCUT2D eigenvalue weighted by atomic mass is 9.81. The van der Waals surface area contributed by atoms with E-state index < -0.39 is 0 Å². The van der Waals surface area contributed by atoms with Gasteiger partial charge in [-0.1, -0.05) is 228 Å². The fourth-order valence-corrected chi connectivity index (χ4v) is 13.7. The van der Waals surface area contributed by atoms with Crippen molar-refractivity contribution in [2.24, 2.45) is 0 Å². The minimum absolute atomic E-state index is 0.108. The maximum Gasteiger partial charge on any atom is 0.240 e. The number of para-hydroxylation sites is 2. The Balaban J connectivity index is 0.920. The summed E-state index contributed by atoms with van der Waals surface area (Å²) in [5.41, 5.74) is 24.6. The van der Waals surface area contributed by atoms with Crippen LogP contribution >= 0.6 is 0 Å². The minimum atomic E-state index is -0.108. The van der Waals surface area contributed by atoms with E-state index in [0.717, 1.165) is 82.6 Å². The molecule has 14 aromatic rings. The quantitative estimate of drug-likeness (QED) is 0.160. The van der Waals surface area contributed by atoms with Gasteiger partial charge in [0.2, 0.25) is 11.9 Å². The van der Waals surface area contributed by atoms with Crippen LogP contribution in [0.3, 0.4) is 0 Å². The largest absolute Gasteiger partial charge is 0.278 e. The Bertz CT molecular complexity index is 4640. The second-order valence-electron chi connectivity index (χ2n) is 22.8. The average Bonchev–Trinajstić information content (AvgIpc) is 4.18. The molecule has 3 aromatic heterocycles. The number of nitrogens with zero attached hydrogens (tertiary/aromatic N) is 5. The fraction of sp³-hybridized carbons (Fsp3) is 0.0800. The topological polar surface area (TPSA) is 48.5 Å². The lowest BCUT2D eigenvalue weighted by Gasteiger charge is -2.22. The standard InChI is InChI=1S/C75H53N5/c1-74(2)62-30-15-11-24-53(62)55-38-34-50(44-64(55)74)48-36-40-68-60(42-48)57-26-13-17-32-66(57)79(68)72-76-71(59-29-19-28-52(46-20-7-5-8-21-46)70(59)47-22-9-6-10-23-47)77-73(78-72)80-67-33-18-14-27-58(67)61-43-49(37-41-69(61)80)51-35-39-56-54-25-12-16-31-63(54)75(3,4)65(56)45-51/h5-45H,1-4H3. The van der Waals surface area contributed by atoms with Gasteiger partial charge in [-0.05, 0) is 132 Å². The zero-order chi connectivity index (χ0) is 53.4. The van der Waals surface area contributed by atoms with E-state index in [1.807, 2.05) is 0 Å². The van der Waals surface area contributed by atoms with Crippen LogP contribution in [-0.4, -0.2) is 24.1 Å². The summed E-state index contributed by atoms with van der Waals surface area (Å²) in [4.78, 5) is 16.9. The van der Waals surface area contributed by atoms with Gasteiger partial charge in [-0.2, -0.15) is 15.0 Å². The van der Waals surface area contributed by atoms with Crippen LogP contribution in [0.15, 0.2) is 249 Å². The Morgan fingerprint density at radius 1 is 0.263 bits per heavy atom. The molecule has 0 saturated carbocycles. The maximum absolute atomic E-state index is 5.64. The summed E-state index contributed by atoms with van der Waals surface area (Å²) in [6.07, 6.45) is 0. The second-order valence-corrected chi connectivity index (χ2v) is 22.8. The van der Waals surface area contributed by atoms with E-state index in [4.69, 9.17) is 15.0 Å². The smallest absolute Gasteiger partial charge is 0.240 e. The first-order valence-corrected chi connectivity index (χ1v) is 27.8. The maximum atomic E-state index is 5.64. The highest BCUT2D eigenvalue weighted by molar-refractivity contribution is 6.12. The molecule has 0 atom stereocenters. The third-order valence-electron chi connectivity index (χ3n) is 17.6.